The van der Waals surface area contributed by atoms with E-state index in [-0.39, 0.29) is 17.6 Å². The molecule has 1 saturated heterocycles. The number of hydrogen-bond acceptors (Lipinski definition) is 5. The maximum Gasteiger partial charge on any atom is 0.333 e. The van der Waals surface area contributed by atoms with Gasteiger partial charge in [0, 0.05) is 19.1 Å². The van der Waals surface area contributed by atoms with Crippen LogP contribution in [0.2, 0.25) is 0 Å². The van der Waals surface area contributed by atoms with Crippen LogP contribution in [-0.4, -0.2) is 38.9 Å². The zero-order chi connectivity index (χ0) is 15.7. The van der Waals surface area contributed by atoms with Gasteiger partial charge in [-0.2, -0.15) is 5.10 Å². The first kappa shape index (κ1) is 15.3. The lowest BCUT2D eigenvalue weighted by molar-refractivity contribution is -0.384. The molecule has 0 saturated carbocycles. The Labute approximate surface area is 122 Å². The Morgan fingerprint density at radius 3 is 2.43 bits per heavy atom. The van der Waals surface area contributed by atoms with E-state index in [1.54, 1.807) is 11.6 Å². The maximum absolute atomic E-state index is 11.3. The quantitative estimate of drug-likeness (QED) is 0.673. The molecule has 0 radical (unpaired) electrons. The highest BCUT2D eigenvalue weighted by atomic mass is 16.6. The van der Waals surface area contributed by atoms with Crippen molar-refractivity contribution in [3.05, 3.63) is 15.8 Å². The smallest absolute Gasteiger partial charge is 0.333 e. The highest BCUT2D eigenvalue weighted by molar-refractivity contribution is 5.71. The largest absolute Gasteiger partial charge is 0.481 e. The van der Waals surface area contributed by atoms with Gasteiger partial charge in [-0.05, 0) is 33.6 Å². The number of piperidine rings is 1. The maximum atomic E-state index is 11.3. The molecule has 2 heterocycles. The standard InChI is InChI=1S/C13H20N4O4/c1-8(2)16-12(11(17(20)21)9(3)14-16)15-6-4-10(5-7-15)13(18)19/h8,10H,4-7H2,1-3H3,(H,18,19). The van der Waals surface area contributed by atoms with Gasteiger partial charge in [-0.3, -0.25) is 14.9 Å². The fourth-order valence-electron chi connectivity index (χ4n) is 2.73. The molecule has 0 unspecified atom stereocenters. The third-order valence-corrected chi connectivity index (χ3v) is 3.84. The van der Waals surface area contributed by atoms with E-state index in [4.69, 9.17) is 5.11 Å². The molecule has 1 aromatic rings. The van der Waals surface area contributed by atoms with Crippen LogP contribution >= 0.6 is 0 Å². The topological polar surface area (TPSA) is 102 Å². The van der Waals surface area contributed by atoms with Gasteiger partial charge in [-0.1, -0.05) is 0 Å². The molecule has 8 heteroatoms. The summed E-state index contributed by atoms with van der Waals surface area (Å²) in [6, 6.07) is 0.00426. The SMILES string of the molecule is Cc1nn(C(C)C)c(N2CCC(C(=O)O)CC2)c1[N+](=O)[O-]. The van der Waals surface area contributed by atoms with Crippen molar-refractivity contribution < 1.29 is 14.8 Å². The molecule has 1 N–H and O–H groups in total. The van der Waals surface area contributed by atoms with Gasteiger partial charge in [-0.15, -0.1) is 0 Å². The van der Waals surface area contributed by atoms with Crippen molar-refractivity contribution in [3.8, 4) is 0 Å². The molecule has 0 spiro atoms. The van der Waals surface area contributed by atoms with Crippen molar-refractivity contribution in [1.82, 2.24) is 9.78 Å². The van der Waals surface area contributed by atoms with Crippen molar-refractivity contribution >= 4 is 17.5 Å². The van der Waals surface area contributed by atoms with E-state index in [9.17, 15) is 14.9 Å². The fraction of sp³-hybridized carbons (Fsp3) is 0.692. The van der Waals surface area contributed by atoms with Crippen LogP contribution in [0.15, 0.2) is 0 Å². The number of hydrogen-bond donors (Lipinski definition) is 1. The monoisotopic (exact) mass is 296 g/mol. The Kier molecular flexibility index (Phi) is 4.15. The molecular weight excluding hydrogens is 276 g/mol. The van der Waals surface area contributed by atoms with Gasteiger partial charge in [-0.25, -0.2) is 4.68 Å². The summed E-state index contributed by atoms with van der Waals surface area (Å²) in [5.41, 5.74) is 0.418. The van der Waals surface area contributed by atoms with Crippen LogP contribution in [0.5, 0.6) is 0 Å². The van der Waals surface area contributed by atoms with Gasteiger partial charge in [0.05, 0.1) is 10.8 Å². The highest BCUT2D eigenvalue weighted by Gasteiger charge is 2.33. The second-order valence-corrected chi connectivity index (χ2v) is 5.65. The van der Waals surface area contributed by atoms with Crippen molar-refractivity contribution in [2.75, 3.05) is 18.0 Å². The van der Waals surface area contributed by atoms with E-state index in [0.717, 1.165) is 0 Å². The van der Waals surface area contributed by atoms with Gasteiger partial charge >= 0.3 is 11.7 Å². The predicted molar refractivity (Wildman–Crippen MR) is 76.6 cm³/mol. The molecular formula is C13H20N4O4. The third kappa shape index (κ3) is 2.84. The lowest BCUT2D eigenvalue weighted by Gasteiger charge is -2.31. The minimum absolute atomic E-state index is 0.00426. The van der Waals surface area contributed by atoms with E-state index in [2.05, 4.69) is 5.10 Å². The van der Waals surface area contributed by atoms with Crippen molar-refractivity contribution in [3.63, 3.8) is 0 Å². The number of carboxylic acids is 1. The van der Waals surface area contributed by atoms with E-state index in [1.807, 2.05) is 18.7 Å². The molecule has 1 aliphatic heterocycles. The summed E-state index contributed by atoms with van der Waals surface area (Å²) in [6.45, 7) is 6.46. The summed E-state index contributed by atoms with van der Waals surface area (Å²) in [6.07, 6.45) is 0.990. The molecule has 1 aromatic heterocycles. The first-order valence-corrected chi connectivity index (χ1v) is 7.04. The number of aromatic nitrogens is 2. The van der Waals surface area contributed by atoms with Crippen LogP contribution in [0.1, 0.15) is 38.4 Å². The van der Waals surface area contributed by atoms with Crippen molar-refractivity contribution in [2.45, 2.75) is 39.7 Å². The Hall–Kier alpha value is -2.12. The summed E-state index contributed by atoms with van der Waals surface area (Å²) in [5, 5.41) is 24.6. The highest BCUT2D eigenvalue weighted by Crippen LogP contribution is 2.35. The Morgan fingerprint density at radius 1 is 1.43 bits per heavy atom. The molecule has 0 bridgehead atoms. The molecule has 1 fully saturated rings. The zero-order valence-electron chi connectivity index (χ0n) is 12.4. The van der Waals surface area contributed by atoms with Gasteiger partial charge in [0.2, 0.25) is 5.82 Å². The van der Waals surface area contributed by atoms with E-state index < -0.39 is 10.9 Å². The minimum atomic E-state index is -0.794. The molecule has 21 heavy (non-hydrogen) atoms. The van der Waals surface area contributed by atoms with Crippen molar-refractivity contribution in [1.29, 1.82) is 0 Å². The zero-order valence-corrected chi connectivity index (χ0v) is 12.4. The lowest BCUT2D eigenvalue weighted by Crippen LogP contribution is -2.38. The molecule has 1 aliphatic rings. The van der Waals surface area contributed by atoms with Crippen LogP contribution < -0.4 is 4.90 Å². The van der Waals surface area contributed by atoms with Crippen LogP contribution in [0.3, 0.4) is 0 Å². The summed E-state index contributed by atoms with van der Waals surface area (Å²) < 4.78 is 1.66. The minimum Gasteiger partial charge on any atom is -0.481 e. The number of carbonyl (C=O) groups is 1. The third-order valence-electron chi connectivity index (χ3n) is 3.84. The second-order valence-electron chi connectivity index (χ2n) is 5.65. The number of anilines is 1. The summed E-state index contributed by atoms with van der Waals surface area (Å²) in [7, 11) is 0. The summed E-state index contributed by atoms with van der Waals surface area (Å²) >= 11 is 0. The van der Waals surface area contributed by atoms with Crippen LogP contribution in [0, 0.1) is 23.0 Å². The van der Waals surface area contributed by atoms with Gasteiger partial charge in [0.25, 0.3) is 0 Å². The number of nitrogens with zero attached hydrogens (tertiary/aromatic N) is 4. The van der Waals surface area contributed by atoms with Gasteiger partial charge < -0.3 is 10.0 Å². The molecule has 0 atom stereocenters. The van der Waals surface area contributed by atoms with Gasteiger partial charge in [0.15, 0.2) is 0 Å². The van der Waals surface area contributed by atoms with Crippen LogP contribution in [0.4, 0.5) is 11.5 Å². The first-order chi connectivity index (χ1) is 9.82. The number of carboxylic acid groups (broad SMARTS) is 1. The molecule has 2 rings (SSSR count). The van der Waals surface area contributed by atoms with E-state index >= 15 is 0 Å². The molecule has 8 nitrogen and oxygen atoms in total. The second kappa shape index (κ2) is 5.71. The molecule has 0 aliphatic carbocycles. The van der Waals surface area contributed by atoms with Crippen molar-refractivity contribution in [2.24, 2.45) is 5.92 Å². The van der Waals surface area contributed by atoms with Gasteiger partial charge in [0.1, 0.15) is 5.69 Å². The Bertz CT molecular complexity index is 559. The molecule has 116 valence electrons. The predicted octanol–water partition coefficient (Wildman–Crippen LogP) is 1.98. The average Bonchev–Trinajstić information content (AvgIpc) is 2.76. The molecule has 0 amide bonds. The normalized spacial score (nSPS) is 16.5. The first-order valence-electron chi connectivity index (χ1n) is 7.04. The number of aliphatic carboxylic acids is 1. The fourth-order valence-corrected chi connectivity index (χ4v) is 2.73. The Balaban J connectivity index is 2.35. The number of aryl methyl sites for hydroxylation is 1. The van der Waals surface area contributed by atoms with E-state index in [0.29, 0.717) is 37.4 Å². The molecule has 0 aromatic carbocycles. The number of nitro groups is 1. The average molecular weight is 296 g/mol. The summed E-state index contributed by atoms with van der Waals surface area (Å²) in [4.78, 5) is 23.8. The van der Waals surface area contributed by atoms with Crippen LogP contribution in [-0.2, 0) is 4.79 Å². The number of rotatable bonds is 4. The summed E-state index contributed by atoms with van der Waals surface area (Å²) in [5.74, 6) is -0.661. The Morgan fingerprint density at radius 2 is 2.00 bits per heavy atom. The van der Waals surface area contributed by atoms with E-state index in [1.165, 1.54) is 0 Å². The lowest BCUT2D eigenvalue weighted by atomic mass is 9.97. The van der Waals surface area contributed by atoms with Crippen LogP contribution in [0.25, 0.3) is 0 Å².